The molecule has 0 radical (unpaired) electrons. The van der Waals surface area contributed by atoms with Crippen molar-refractivity contribution in [1.29, 1.82) is 0 Å². The highest BCUT2D eigenvalue weighted by Gasteiger charge is 2.19. The maximum absolute atomic E-state index is 4.69. The first-order valence-electron chi connectivity index (χ1n) is 8.25. The summed E-state index contributed by atoms with van der Waals surface area (Å²) >= 11 is 0. The molecule has 2 nitrogen and oxygen atoms in total. The van der Waals surface area contributed by atoms with E-state index in [9.17, 15) is 0 Å². The van der Waals surface area contributed by atoms with E-state index < -0.39 is 0 Å². The molecular weight excluding hydrogens is 280 g/mol. The smallest absolute Gasteiger partial charge is 0.222 e. The molecule has 0 N–H and O–H groups in total. The molecule has 0 saturated heterocycles. The molecule has 1 aromatic carbocycles. The summed E-state index contributed by atoms with van der Waals surface area (Å²) in [6.07, 6.45) is 4.19. The number of benzene rings is 1. The second-order valence-electron chi connectivity index (χ2n) is 6.88. The molecule has 118 valence electrons. The molecule has 0 aliphatic carbocycles. The topological polar surface area (TPSA) is 16.8 Å². The van der Waals surface area contributed by atoms with Gasteiger partial charge in [0.25, 0.3) is 0 Å². The molecule has 0 amide bonds. The molecule has 2 aromatic heterocycles. The summed E-state index contributed by atoms with van der Waals surface area (Å²) in [6.45, 7) is 10.9. The standard InChI is InChI=1S/C21H25N2/c1-13(2)20-11-17-7-8-23(6)21(19(17)12-22-20)18-10-14(3)9-15(4)16(18)5/h7-13H,1-6H3/q+1. The summed E-state index contributed by atoms with van der Waals surface area (Å²) in [7, 11) is 2.11. The van der Waals surface area contributed by atoms with Crippen LogP contribution in [0.5, 0.6) is 0 Å². The van der Waals surface area contributed by atoms with Crippen molar-refractivity contribution in [2.24, 2.45) is 7.05 Å². The second-order valence-corrected chi connectivity index (χ2v) is 6.88. The van der Waals surface area contributed by atoms with E-state index in [1.165, 1.54) is 38.7 Å². The van der Waals surface area contributed by atoms with Crippen molar-refractivity contribution in [3.63, 3.8) is 0 Å². The normalized spacial score (nSPS) is 11.4. The second kappa shape index (κ2) is 5.77. The predicted octanol–water partition coefficient (Wildman–Crippen LogP) is 4.77. The molecule has 0 spiro atoms. The number of hydrogen-bond donors (Lipinski definition) is 0. The average Bonchev–Trinajstić information content (AvgIpc) is 2.50. The van der Waals surface area contributed by atoms with Crippen molar-refractivity contribution < 1.29 is 4.57 Å². The molecule has 0 atom stereocenters. The minimum atomic E-state index is 0.444. The van der Waals surface area contributed by atoms with Gasteiger partial charge < -0.3 is 0 Å². The van der Waals surface area contributed by atoms with Gasteiger partial charge in [0.1, 0.15) is 7.05 Å². The van der Waals surface area contributed by atoms with E-state index in [0.717, 1.165) is 5.69 Å². The molecule has 3 rings (SSSR count). The van der Waals surface area contributed by atoms with Crippen LogP contribution in [-0.2, 0) is 7.05 Å². The van der Waals surface area contributed by atoms with Crippen LogP contribution in [0.15, 0.2) is 36.7 Å². The van der Waals surface area contributed by atoms with Crippen molar-refractivity contribution in [1.82, 2.24) is 4.98 Å². The zero-order chi connectivity index (χ0) is 16.7. The highest BCUT2D eigenvalue weighted by atomic mass is 14.9. The van der Waals surface area contributed by atoms with Gasteiger partial charge in [-0.15, -0.1) is 0 Å². The molecule has 0 aliphatic heterocycles. The number of hydrogen-bond acceptors (Lipinski definition) is 1. The van der Waals surface area contributed by atoms with Gasteiger partial charge in [0.15, 0.2) is 6.20 Å². The Labute approximate surface area is 138 Å². The summed E-state index contributed by atoms with van der Waals surface area (Å²) in [5, 5.41) is 2.47. The highest BCUT2D eigenvalue weighted by molar-refractivity contribution is 5.93. The van der Waals surface area contributed by atoms with E-state index >= 15 is 0 Å². The quantitative estimate of drug-likeness (QED) is 0.623. The minimum absolute atomic E-state index is 0.444. The maximum Gasteiger partial charge on any atom is 0.222 e. The van der Waals surface area contributed by atoms with Gasteiger partial charge in [-0.3, -0.25) is 4.98 Å². The Morgan fingerprint density at radius 3 is 2.48 bits per heavy atom. The van der Waals surface area contributed by atoms with Crippen LogP contribution < -0.4 is 4.57 Å². The lowest BCUT2D eigenvalue weighted by molar-refractivity contribution is -0.659. The molecule has 2 heterocycles. The molecule has 2 heteroatoms. The van der Waals surface area contributed by atoms with Crippen LogP contribution in [0, 0.1) is 20.8 Å². The molecular formula is C21H25N2+. The SMILES string of the molecule is Cc1cc(C)c(C)c(-c2c3cnc(C(C)C)cc3cc[n+]2C)c1. The van der Waals surface area contributed by atoms with Crippen molar-refractivity contribution in [3.05, 3.63) is 59.0 Å². The highest BCUT2D eigenvalue weighted by Crippen LogP contribution is 2.30. The molecule has 0 bridgehead atoms. The predicted molar refractivity (Wildman–Crippen MR) is 96.7 cm³/mol. The first-order valence-corrected chi connectivity index (χ1v) is 8.25. The summed E-state index contributed by atoms with van der Waals surface area (Å²) in [5.74, 6) is 0.444. The lowest BCUT2D eigenvalue weighted by Gasteiger charge is -2.12. The minimum Gasteiger partial charge on any atom is -0.260 e. The Morgan fingerprint density at radius 1 is 1.04 bits per heavy atom. The third-order valence-electron chi connectivity index (χ3n) is 4.70. The fourth-order valence-corrected chi connectivity index (χ4v) is 3.22. The summed E-state index contributed by atoms with van der Waals surface area (Å²) in [5.41, 5.74) is 7.67. The number of aromatic nitrogens is 2. The van der Waals surface area contributed by atoms with Crippen LogP contribution in [0.2, 0.25) is 0 Å². The Hall–Kier alpha value is -2.22. The van der Waals surface area contributed by atoms with Gasteiger partial charge in [-0.2, -0.15) is 0 Å². The van der Waals surface area contributed by atoms with Gasteiger partial charge in [0, 0.05) is 18.0 Å². The molecule has 0 aliphatic rings. The summed E-state index contributed by atoms with van der Waals surface area (Å²) in [4.78, 5) is 4.69. The molecule has 0 unspecified atom stereocenters. The molecule has 0 saturated carbocycles. The number of pyridine rings is 2. The first-order chi connectivity index (χ1) is 10.9. The van der Waals surface area contributed by atoms with E-state index in [2.05, 4.69) is 76.7 Å². The van der Waals surface area contributed by atoms with E-state index in [1.807, 2.05) is 6.20 Å². The van der Waals surface area contributed by atoms with Crippen LogP contribution >= 0.6 is 0 Å². The van der Waals surface area contributed by atoms with Crippen molar-refractivity contribution in [2.75, 3.05) is 0 Å². The van der Waals surface area contributed by atoms with Crippen molar-refractivity contribution >= 4 is 10.8 Å². The van der Waals surface area contributed by atoms with Crippen LogP contribution in [0.3, 0.4) is 0 Å². The van der Waals surface area contributed by atoms with Crippen molar-refractivity contribution in [2.45, 2.75) is 40.5 Å². The monoisotopic (exact) mass is 305 g/mol. The average molecular weight is 305 g/mol. The van der Waals surface area contributed by atoms with Crippen LogP contribution in [0.4, 0.5) is 0 Å². The van der Waals surface area contributed by atoms with E-state index in [0.29, 0.717) is 5.92 Å². The largest absolute Gasteiger partial charge is 0.260 e. The number of nitrogens with zero attached hydrogens (tertiary/aromatic N) is 2. The zero-order valence-electron chi connectivity index (χ0n) is 14.9. The Kier molecular flexibility index (Phi) is 3.93. The lowest BCUT2D eigenvalue weighted by atomic mass is 9.95. The van der Waals surface area contributed by atoms with E-state index in [4.69, 9.17) is 4.98 Å². The fraction of sp³-hybridized carbons (Fsp3) is 0.333. The van der Waals surface area contributed by atoms with Gasteiger partial charge in [0.05, 0.1) is 10.9 Å². The summed E-state index contributed by atoms with van der Waals surface area (Å²) in [6, 6.07) is 8.94. The van der Waals surface area contributed by atoms with Gasteiger partial charge in [-0.05, 0) is 55.3 Å². The van der Waals surface area contributed by atoms with Gasteiger partial charge in [0.2, 0.25) is 5.69 Å². The maximum atomic E-state index is 4.69. The molecule has 0 fully saturated rings. The van der Waals surface area contributed by atoms with Crippen LogP contribution in [0.25, 0.3) is 22.0 Å². The van der Waals surface area contributed by atoms with Crippen molar-refractivity contribution in [3.8, 4) is 11.3 Å². The molecule has 23 heavy (non-hydrogen) atoms. The number of fused-ring (bicyclic) bond motifs is 1. The Bertz CT molecular complexity index is 892. The number of rotatable bonds is 2. The Balaban J connectivity index is 2.35. The Morgan fingerprint density at radius 2 is 1.78 bits per heavy atom. The summed E-state index contributed by atoms with van der Waals surface area (Å²) < 4.78 is 2.21. The van der Waals surface area contributed by atoms with E-state index in [1.54, 1.807) is 0 Å². The van der Waals surface area contributed by atoms with Crippen LogP contribution in [0.1, 0.15) is 42.1 Å². The lowest BCUT2D eigenvalue weighted by Crippen LogP contribution is -2.31. The van der Waals surface area contributed by atoms with Gasteiger partial charge in [-0.25, -0.2) is 4.57 Å². The third-order valence-corrected chi connectivity index (χ3v) is 4.70. The van der Waals surface area contributed by atoms with E-state index in [-0.39, 0.29) is 0 Å². The first kappa shape index (κ1) is 15.7. The zero-order valence-corrected chi connectivity index (χ0v) is 14.9. The third kappa shape index (κ3) is 2.74. The number of aryl methyl sites for hydroxylation is 3. The van der Waals surface area contributed by atoms with Gasteiger partial charge >= 0.3 is 0 Å². The van der Waals surface area contributed by atoms with Crippen LogP contribution in [-0.4, -0.2) is 4.98 Å². The molecule has 3 aromatic rings. The van der Waals surface area contributed by atoms with Gasteiger partial charge in [-0.1, -0.05) is 25.5 Å². The fourth-order valence-electron chi connectivity index (χ4n) is 3.22.